The molecule has 0 spiro atoms. The number of aromatic nitrogens is 1. The van der Waals surface area contributed by atoms with E-state index in [1.54, 1.807) is 54.4 Å². The summed E-state index contributed by atoms with van der Waals surface area (Å²) in [4.78, 5) is 34.3. The minimum atomic E-state index is -0.420. The van der Waals surface area contributed by atoms with Crippen LogP contribution in [0.15, 0.2) is 42.6 Å². The molecule has 0 saturated carbocycles. The van der Waals surface area contributed by atoms with Crippen LogP contribution >= 0.6 is 0 Å². The van der Waals surface area contributed by atoms with E-state index in [1.165, 1.54) is 5.57 Å². The van der Waals surface area contributed by atoms with Gasteiger partial charge >= 0.3 is 6.03 Å². The van der Waals surface area contributed by atoms with Gasteiger partial charge in [-0.1, -0.05) is 13.0 Å². The Bertz CT molecular complexity index is 1150. The van der Waals surface area contributed by atoms with Gasteiger partial charge in [-0.2, -0.15) is 0 Å². The lowest BCUT2D eigenvalue weighted by atomic mass is 9.99. The number of aliphatic hydroxyl groups is 1. The molecule has 2 aliphatic rings. The van der Waals surface area contributed by atoms with E-state index in [1.807, 2.05) is 19.9 Å². The molecule has 4 rings (SSSR count). The van der Waals surface area contributed by atoms with Crippen LogP contribution in [-0.2, 0) is 0 Å². The predicted molar refractivity (Wildman–Crippen MR) is 142 cm³/mol. The molecule has 3 amide bonds. The lowest BCUT2D eigenvalue weighted by Gasteiger charge is -2.37. The monoisotopic (exact) mass is 508 g/mol. The number of nitrogens with zero attached hydrogens (tertiary/aromatic N) is 3. The highest BCUT2D eigenvalue weighted by Gasteiger charge is 2.35. The molecule has 1 aliphatic heterocycles. The van der Waals surface area contributed by atoms with Crippen molar-refractivity contribution in [1.29, 1.82) is 0 Å². The molecule has 0 radical (unpaired) electrons. The number of pyridine rings is 1. The number of aliphatic hydroxyl groups excluding tert-OH is 1. The number of rotatable bonds is 7. The number of nitrogens with one attached hydrogen (secondary N) is 1. The molecule has 2 heterocycles. The fourth-order valence-electron chi connectivity index (χ4n) is 4.67. The summed E-state index contributed by atoms with van der Waals surface area (Å²) in [6.45, 7) is 4.32. The summed E-state index contributed by atoms with van der Waals surface area (Å²) in [5.41, 5.74) is 3.14. The van der Waals surface area contributed by atoms with Crippen molar-refractivity contribution >= 4 is 23.2 Å². The minimum absolute atomic E-state index is 0.124. The van der Waals surface area contributed by atoms with Crippen molar-refractivity contribution in [2.75, 3.05) is 39.2 Å². The molecular weight excluding hydrogens is 472 g/mol. The number of fused-ring (bicyclic) bond motifs is 1. The van der Waals surface area contributed by atoms with Crippen LogP contribution in [0.4, 0.5) is 10.5 Å². The Morgan fingerprint density at radius 3 is 2.76 bits per heavy atom. The van der Waals surface area contributed by atoms with E-state index < -0.39 is 6.10 Å². The van der Waals surface area contributed by atoms with Gasteiger partial charge in [0.1, 0.15) is 17.4 Å². The van der Waals surface area contributed by atoms with Crippen molar-refractivity contribution in [3.8, 4) is 11.6 Å². The Morgan fingerprint density at radius 1 is 1.35 bits per heavy atom. The van der Waals surface area contributed by atoms with Crippen molar-refractivity contribution in [2.45, 2.75) is 45.3 Å². The molecule has 0 saturated heterocycles. The van der Waals surface area contributed by atoms with Crippen LogP contribution in [0.3, 0.4) is 0 Å². The molecule has 9 nitrogen and oxygen atoms in total. The van der Waals surface area contributed by atoms with E-state index in [-0.39, 0.29) is 42.9 Å². The first-order chi connectivity index (χ1) is 17.8. The zero-order valence-electron chi connectivity index (χ0n) is 21.9. The summed E-state index contributed by atoms with van der Waals surface area (Å²) in [5.74, 6) is 0.627. The molecule has 2 aromatic rings. The zero-order valence-corrected chi connectivity index (χ0v) is 21.9. The first-order valence-corrected chi connectivity index (χ1v) is 12.7. The zero-order chi connectivity index (χ0) is 26.5. The van der Waals surface area contributed by atoms with Crippen molar-refractivity contribution in [3.63, 3.8) is 0 Å². The van der Waals surface area contributed by atoms with E-state index >= 15 is 0 Å². The SMILES string of the molecule is COc1ccc(NC(=O)N(C)C[C@H]2Oc3ncc(C4=CCCC4)cc3C(=O)N([C@@H](C)CO)C[C@H]2C)cc1. The van der Waals surface area contributed by atoms with E-state index in [0.29, 0.717) is 23.5 Å². The highest BCUT2D eigenvalue weighted by atomic mass is 16.5. The Balaban J connectivity index is 1.57. The number of hydrogen-bond donors (Lipinski definition) is 2. The van der Waals surface area contributed by atoms with Crippen molar-refractivity contribution < 1.29 is 24.2 Å². The topological polar surface area (TPSA) is 104 Å². The maximum absolute atomic E-state index is 13.6. The van der Waals surface area contributed by atoms with E-state index in [4.69, 9.17) is 9.47 Å². The molecule has 1 aromatic heterocycles. The molecule has 0 unspecified atom stereocenters. The van der Waals surface area contributed by atoms with Gasteiger partial charge in [0.15, 0.2) is 0 Å². The summed E-state index contributed by atoms with van der Waals surface area (Å²) >= 11 is 0. The van der Waals surface area contributed by atoms with Crippen LogP contribution in [0.25, 0.3) is 5.57 Å². The smallest absolute Gasteiger partial charge is 0.321 e. The van der Waals surface area contributed by atoms with Gasteiger partial charge in [0.05, 0.1) is 26.3 Å². The molecule has 3 atom stereocenters. The summed E-state index contributed by atoms with van der Waals surface area (Å²) in [7, 11) is 3.30. The average Bonchev–Trinajstić information content (AvgIpc) is 3.45. The number of carbonyl (C=O) groups is 2. The van der Waals surface area contributed by atoms with Gasteiger partial charge in [-0.25, -0.2) is 9.78 Å². The van der Waals surface area contributed by atoms with Gasteiger partial charge in [0.2, 0.25) is 5.88 Å². The van der Waals surface area contributed by atoms with E-state index in [2.05, 4.69) is 16.4 Å². The first kappa shape index (κ1) is 26.5. The maximum atomic E-state index is 13.6. The van der Waals surface area contributed by atoms with Crippen LogP contribution in [-0.4, -0.2) is 77.8 Å². The van der Waals surface area contributed by atoms with Crippen LogP contribution in [0.2, 0.25) is 0 Å². The molecule has 198 valence electrons. The normalized spacial score (nSPS) is 20.2. The number of likely N-dealkylation sites (N-methyl/N-ethyl adjacent to an activating group) is 1. The Labute approximate surface area is 218 Å². The fourth-order valence-corrected chi connectivity index (χ4v) is 4.67. The molecular formula is C28H36N4O5. The lowest BCUT2D eigenvalue weighted by Crippen LogP contribution is -2.50. The molecule has 37 heavy (non-hydrogen) atoms. The fraction of sp³-hybridized carbons (Fsp3) is 0.464. The highest BCUT2D eigenvalue weighted by Crippen LogP contribution is 2.32. The van der Waals surface area contributed by atoms with Crippen LogP contribution in [0.1, 0.15) is 49.0 Å². The number of carbonyl (C=O) groups excluding carboxylic acids is 2. The van der Waals surface area contributed by atoms with Gasteiger partial charge in [0.25, 0.3) is 5.91 Å². The first-order valence-electron chi connectivity index (χ1n) is 12.7. The van der Waals surface area contributed by atoms with Gasteiger partial charge in [-0.15, -0.1) is 0 Å². The van der Waals surface area contributed by atoms with Crippen molar-refractivity contribution in [3.05, 3.63) is 53.7 Å². The standard InChI is InChI=1S/C28H36N4O5/c1-18-15-32(19(2)17-33)27(34)24-13-21(20-7-5-6-8-20)14-29-26(24)37-25(18)16-31(3)28(35)30-22-9-11-23(36-4)12-10-22/h7,9-14,18-19,25,33H,5-6,8,15-17H2,1-4H3,(H,30,35)/t18-,19+,25-/m1/s1. The number of anilines is 1. The Hall–Kier alpha value is -3.59. The third-order valence-electron chi connectivity index (χ3n) is 7.07. The van der Waals surface area contributed by atoms with E-state index in [0.717, 1.165) is 24.8 Å². The van der Waals surface area contributed by atoms with Gasteiger partial charge in [-0.3, -0.25) is 4.79 Å². The van der Waals surface area contributed by atoms with Gasteiger partial charge in [-0.05, 0) is 67.7 Å². The summed E-state index contributed by atoms with van der Waals surface area (Å²) in [6, 6.07) is 8.31. The predicted octanol–water partition coefficient (Wildman–Crippen LogP) is 4.04. The van der Waals surface area contributed by atoms with Crippen LogP contribution in [0.5, 0.6) is 11.6 Å². The molecule has 1 aliphatic carbocycles. The molecule has 9 heteroatoms. The molecule has 0 fully saturated rings. The average molecular weight is 509 g/mol. The number of benzene rings is 1. The van der Waals surface area contributed by atoms with Crippen molar-refractivity contribution in [1.82, 2.24) is 14.8 Å². The van der Waals surface area contributed by atoms with Gasteiger partial charge in [0, 0.05) is 31.4 Å². The maximum Gasteiger partial charge on any atom is 0.321 e. The van der Waals surface area contributed by atoms with Crippen molar-refractivity contribution in [2.24, 2.45) is 5.92 Å². The second-order valence-electron chi connectivity index (χ2n) is 9.86. The van der Waals surface area contributed by atoms with E-state index in [9.17, 15) is 14.7 Å². The third-order valence-corrected chi connectivity index (χ3v) is 7.07. The lowest BCUT2D eigenvalue weighted by molar-refractivity contribution is 0.0356. The molecule has 0 bridgehead atoms. The minimum Gasteiger partial charge on any atom is -0.497 e. The summed E-state index contributed by atoms with van der Waals surface area (Å²) in [5, 5.41) is 12.7. The number of ether oxygens (including phenoxy) is 2. The third kappa shape index (κ3) is 6.05. The summed E-state index contributed by atoms with van der Waals surface area (Å²) < 4.78 is 11.5. The second-order valence-corrected chi connectivity index (χ2v) is 9.86. The number of methoxy groups -OCH3 is 1. The Morgan fingerprint density at radius 2 is 2.11 bits per heavy atom. The number of hydrogen-bond acceptors (Lipinski definition) is 6. The van der Waals surface area contributed by atoms with Gasteiger partial charge < -0.3 is 29.7 Å². The van der Waals surface area contributed by atoms with Crippen LogP contribution in [0, 0.1) is 5.92 Å². The van der Waals surface area contributed by atoms with Crippen LogP contribution < -0.4 is 14.8 Å². The highest BCUT2D eigenvalue weighted by molar-refractivity contribution is 5.97. The molecule has 2 N–H and O–H groups in total. The number of allylic oxidation sites excluding steroid dienone is 2. The quantitative estimate of drug-likeness (QED) is 0.585. The molecule has 1 aromatic carbocycles. The summed E-state index contributed by atoms with van der Waals surface area (Å²) in [6.07, 6.45) is 6.60. The largest absolute Gasteiger partial charge is 0.497 e. The number of urea groups is 1. The Kier molecular flexibility index (Phi) is 8.33. The second kappa shape index (κ2) is 11.6. The number of amides is 3.